The van der Waals surface area contributed by atoms with Crippen LogP contribution in [0.15, 0.2) is 60.7 Å². The van der Waals surface area contributed by atoms with Crippen molar-refractivity contribution < 1.29 is 38.2 Å². The summed E-state index contributed by atoms with van der Waals surface area (Å²) in [4.78, 5) is 80.9. The number of amides is 6. The second kappa shape index (κ2) is 23.2. The molecule has 2 aromatic carbocycles. The van der Waals surface area contributed by atoms with E-state index in [0.717, 1.165) is 30.4 Å². The molecule has 4 fully saturated rings. The number of carbonyl (C=O) groups is 6. The first kappa shape index (κ1) is 49.2. The Morgan fingerprint density at radius 3 is 1.75 bits per heavy atom. The standard InChI is InChI=1S/C47H69N9O8/c1-46(2,3)64-45(62)56-38(28-47-25-32-21-33(26-47)23-34(22-32)27-47)42(60)54-36(18-12-20-51-43(49)50)40(58)55-37(24-30-13-6-4-7-14-30)41(59)53-35(39(48)57)17-10-11-19-52-44(61)63-29-31-15-8-5-9-16-31/h4-9,13-16,32-38H,10-12,17-29H2,1-3H3,(H2,48,57)(H,52,61)(H,53,59)(H,54,60)(H,55,58)(H,56,62)(H4,49,50,51)/t32?,33?,34?,35-,36+,37-,38-,47?/m0/s1. The SMILES string of the molecule is CC(C)(C)OC(=O)N[C@@H](CC12CC3CC(CC(C3)C1)C2)C(=O)N[C@H](CCCNC(=N)N)C(=O)N[C@@H](Cc1ccccc1)C(=O)N[C@@H](CCCCNC(=O)OCc1ccccc1)C(N)=O. The molecule has 0 radical (unpaired) electrons. The number of benzene rings is 2. The van der Waals surface area contributed by atoms with Crippen LogP contribution in [0, 0.1) is 28.6 Å². The highest BCUT2D eigenvalue weighted by Gasteiger charge is 2.52. The van der Waals surface area contributed by atoms with E-state index in [2.05, 4.69) is 31.9 Å². The number of hydrogen-bond donors (Lipinski definition) is 9. The maximum Gasteiger partial charge on any atom is 0.408 e. The Hall–Kier alpha value is -5.87. The second-order valence-corrected chi connectivity index (χ2v) is 19.1. The minimum Gasteiger partial charge on any atom is -0.445 e. The fourth-order valence-corrected chi connectivity index (χ4v) is 10.0. The average molecular weight is 888 g/mol. The van der Waals surface area contributed by atoms with E-state index in [0.29, 0.717) is 43.4 Å². The smallest absolute Gasteiger partial charge is 0.408 e. The lowest BCUT2D eigenvalue weighted by Gasteiger charge is -2.57. The third-order valence-electron chi connectivity index (χ3n) is 12.4. The van der Waals surface area contributed by atoms with Crippen molar-refractivity contribution in [3.8, 4) is 0 Å². The predicted octanol–water partition coefficient (Wildman–Crippen LogP) is 4.03. The topological polar surface area (TPSA) is 269 Å². The monoisotopic (exact) mass is 888 g/mol. The van der Waals surface area contributed by atoms with Gasteiger partial charge in [0, 0.05) is 19.5 Å². The van der Waals surface area contributed by atoms with Gasteiger partial charge < -0.3 is 52.8 Å². The second-order valence-electron chi connectivity index (χ2n) is 19.1. The van der Waals surface area contributed by atoms with Crippen LogP contribution < -0.4 is 43.4 Å². The molecule has 0 heterocycles. The fourth-order valence-electron chi connectivity index (χ4n) is 10.0. The molecule has 11 N–H and O–H groups in total. The predicted molar refractivity (Wildman–Crippen MR) is 241 cm³/mol. The molecular formula is C47H69N9O8. The molecule has 17 heteroatoms. The summed E-state index contributed by atoms with van der Waals surface area (Å²) in [5.74, 6) is -1.06. The van der Waals surface area contributed by atoms with Crippen molar-refractivity contribution in [3.05, 3.63) is 71.8 Å². The van der Waals surface area contributed by atoms with Crippen molar-refractivity contribution in [2.24, 2.45) is 34.6 Å². The molecule has 17 nitrogen and oxygen atoms in total. The van der Waals surface area contributed by atoms with Gasteiger partial charge in [-0.05, 0) is 132 Å². The molecule has 4 aliphatic carbocycles. The molecule has 0 aliphatic heterocycles. The van der Waals surface area contributed by atoms with E-state index in [1.165, 1.54) is 19.3 Å². The summed E-state index contributed by atoms with van der Waals surface area (Å²) in [7, 11) is 0. The summed E-state index contributed by atoms with van der Waals surface area (Å²) in [5, 5.41) is 24.3. The van der Waals surface area contributed by atoms with E-state index in [1.807, 2.05) is 36.4 Å². The Labute approximate surface area is 376 Å². The van der Waals surface area contributed by atoms with Gasteiger partial charge in [0.05, 0.1) is 0 Å². The molecule has 0 unspecified atom stereocenters. The maximum atomic E-state index is 14.4. The summed E-state index contributed by atoms with van der Waals surface area (Å²) in [5.41, 5.74) is 11.9. The molecule has 6 rings (SSSR count). The van der Waals surface area contributed by atoms with Gasteiger partial charge in [-0.2, -0.15) is 0 Å². The molecule has 350 valence electrons. The summed E-state index contributed by atoms with van der Waals surface area (Å²) >= 11 is 0. The number of guanidine groups is 1. The Bertz CT molecular complexity index is 1870. The quantitative estimate of drug-likeness (QED) is 0.0439. The van der Waals surface area contributed by atoms with Gasteiger partial charge in [0.15, 0.2) is 5.96 Å². The molecule has 2 aromatic rings. The van der Waals surface area contributed by atoms with Gasteiger partial charge in [0.1, 0.15) is 36.4 Å². The molecule has 4 saturated carbocycles. The molecule has 0 saturated heterocycles. The number of hydrogen-bond acceptors (Lipinski definition) is 9. The van der Waals surface area contributed by atoms with Crippen LogP contribution in [0.25, 0.3) is 0 Å². The van der Waals surface area contributed by atoms with E-state index < -0.39 is 65.6 Å². The number of rotatable bonds is 23. The van der Waals surface area contributed by atoms with Crippen LogP contribution in [0.2, 0.25) is 0 Å². The van der Waals surface area contributed by atoms with Crippen molar-refractivity contribution in [2.75, 3.05) is 13.1 Å². The van der Waals surface area contributed by atoms with E-state index in [1.54, 1.807) is 45.0 Å². The number of unbranched alkanes of at least 4 members (excludes halogenated alkanes) is 1. The van der Waals surface area contributed by atoms with E-state index in [4.69, 9.17) is 26.4 Å². The van der Waals surface area contributed by atoms with Crippen molar-refractivity contribution in [2.45, 2.75) is 141 Å². The third-order valence-corrected chi connectivity index (χ3v) is 12.4. The molecule has 6 amide bonds. The summed E-state index contributed by atoms with van der Waals surface area (Å²) < 4.78 is 10.8. The fraction of sp³-hybridized carbons (Fsp3) is 0.596. The first-order valence-electron chi connectivity index (χ1n) is 22.7. The number of ether oxygens (including phenoxy) is 2. The highest BCUT2D eigenvalue weighted by molar-refractivity contribution is 5.95. The van der Waals surface area contributed by atoms with Gasteiger partial charge in [0.25, 0.3) is 0 Å². The number of carbonyl (C=O) groups excluding carboxylic acids is 6. The Morgan fingerprint density at radius 2 is 1.17 bits per heavy atom. The zero-order valence-corrected chi connectivity index (χ0v) is 37.5. The molecule has 4 atom stereocenters. The molecule has 64 heavy (non-hydrogen) atoms. The highest BCUT2D eigenvalue weighted by Crippen LogP contribution is 2.61. The molecule has 4 bridgehead atoms. The first-order valence-corrected chi connectivity index (χ1v) is 22.7. The van der Waals surface area contributed by atoms with Crippen LogP contribution in [0.3, 0.4) is 0 Å². The van der Waals surface area contributed by atoms with Crippen LogP contribution in [-0.4, -0.2) is 84.6 Å². The number of alkyl carbamates (subject to hydrolysis) is 2. The van der Waals surface area contributed by atoms with E-state index >= 15 is 0 Å². The third kappa shape index (κ3) is 16.0. The largest absolute Gasteiger partial charge is 0.445 e. The zero-order valence-electron chi connectivity index (χ0n) is 37.5. The average Bonchev–Trinajstić information content (AvgIpc) is 3.22. The van der Waals surface area contributed by atoms with E-state index in [9.17, 15) is 28.8 Å². The minimum atomic E-state index is -1.18. The van der Waals surface area contributed by atoms with Crippen LogP contribution in [-0.2, 0) is 41.7 Å². The molecule has 0 spiro atoms. The first-order chi connectivity index (χ1) is 30.5. The Kier molecular flexibility index (Phi) is 17.8. The Balaban J connectivity index is 1.26. The van der Waals surface area contributed by atoms with E-state index in [-0.39, 0.29) is 50.3 Å². The lowest BCUT2D eigenvalue weighted by molar-refractivity contribution is -0.134. The number of primary amides is 1. The normalized spacial score (nSPS) is 21.5. The summed E-state index contributed by atoms with van der Waals surface area (Å²) in [6.45, 7) is 5.87. The Morgan fingerprint density at radius 1 is 0.656 bits per heavy atom. The van der Waals surface area contributed by atoms with Crippen molar-refractivity contribution in [1.29, 1.82) is 5.41 Å². The van der Waals surface area contributed by atoms with Crippen molar-refractivity contribution in [1.82, 2.24) is 31.9 Å². The maximum absolute atomic E-state index is 14.4. The number of nitrogens with one attached hydrogen (secondary N) is 7. The van der Waals surface area contributed by atoms with Crippen molar-refractivity contribution in [3.63, 3.8) is 0 Å². The van der Waals surface area contributed by atoms with Gasteiger partial charge in [-0.3, -0.25) is 24.6 Å². The lowest BCUT2D eigenvalue weighted by atomic mass is 9.48. The van der Waals surface area contributed by atoms with Gasteiger partial charge in [-0.25, -0.2) is 9.59 Å². The molecule has 0 aromatic heterocycles. The summed E-state index contributed by atoms with van der Waals surface area (Å²) in [6, 6.07) is 13.9. The van der Waals surface area contributed by atoms with Gasteiger partial charge in [-0.1, -0.05) is 60.7 Å². The van der Waals surface area contributed by atoms with Crippen LogP contribution >= 0.6 is 0 Å². The minimum absolute atomic E-state index is 0.0559. The van der Waals surface area contributed by atoms with Crippen LogP contribution in [0.4, 0.5) is 9.59 Å². The van der Waals surface area contributed by atoms with Gasteiger partial charge >= 0.3 is 12.2 Å². The van der Waals surface area contributed by atoms with Gasteiger partial charge in [-0.15, -0.1) is 0 Å². The van der Waals surface area contributed by atoms with Crippen LogP contribution in [0.5, 0.6) is 0 Å². The molecule has 4 aliphatic rings. The van der Waals surface area contributed by atoms with Crippen molar-refractivity contribution >= 4 is 41.8 Å². The van der Waals surface area contributed by atoms with Crippen LogP contribution in [0.1, 0.15) is 109 Å². The summed E-state index contributed by atoms with van der Waals surface area (Å²) in [6.07, 6.45) is 7.21. The zero-order chi connectivity index (χ0) is 46.3. The number of nitrogens with two attached hydrogens (primary N) is 2. The molecular weight excluding hydrogens is 819 g/mol. The van der Waals surface area contributed by atoms with Gasteiger partial charge in [0.2, 0.25) is 23.6 Å². The highest BCUT2D eigenvalue weighted by atomic mass is 16.6. The lowest BCUT2D eigenvalue weighted by Crippen LogP contribution is -2.59.